The summed E-state index contributed by atoms with van der Waals surface area (Å²) in [5.41, 5.74) is 1.61. The Hall–Kier alpha value is -3.76. The summed E-state index contributed by atoms with van der Waals surface area (Å²) < 4.78 is 61.8. The summed E-state index contributed by atoms with van der Waals surface area (Å²) in [4.78, 5) is 46.1. The minimum atomic E-state index is -4.17. The molecular formula is C35H41ClFN5O8S. The largest absolute Gasteiger partial charge is 0.496 e. The highest BCUT2D eigenvalue weighted by atomic mass is 35.5. The summed E-state index contributed by atoms with van der Waals surface area (Å²) in [7, 11) is 0.806. The smallest absolute Gasteiger partial charge is 0.341 e. The second-order valence-electron chi connectivity index (χ2n) is 13.8. The first-order valence-corrected chi connectivity index (χ1v) is 18.9. The van der Waals surface area contributed by atoms with E-state index in [9.17, 15) is 22.8 Å². The molecule has 1 atom stereocenters. The van der Waals surface area contributed by atoms with Crippen molar-refractivity contribution in [1.29, 1.82) is 0 Å². The van der Waals surface area contributed by atoms with Crippen molar-refractivity contribution in [3.8, 4) is 5.75 Å². The third-order valence-electron chi connectivity index (χ3n) is 11.0. The van der Waals surface area contributed by atoms with Gasteiger partial charge in [-0.05, 0) is 69.8 Å². The van der Waals surface area contributed by atoms with Crippen molar-refractivity contribution in [3.63, 3.8) is 0 Å². The van der Waals surface area contributed by atoms with E-state index in [0.717, 1.165) is 62.2 Å². The van der Waals surface area contributed by atoms with Gasteiger partial charge >= 0.3 is 15.8 Å². The summed E-state index contributed by atoms with van der Waals surface area (Å²) >= 11 is 6.91. The van der Waals surface area contributed by atoms with Gasteiger partial charge in [0, 0.05) is 62.0 Å². The zero-order chi connectivity index (χ0) is 36.4. The van der Waals surface area contributed by atoms with Crippen LogP contribution in [-0.4, -0.2) is 107 Å². The van der Waals surface area contributed by atoms with Gasteiger partial charge in [0.05, 0.1) is 48.0 Å². The fraction of sp³-hybridized carbons (Fsp3) is 0.514. The maximum absolute atomic E-state index is 15.6. The van der Waals surface area contributed by atoms with E-state index in [1.807, 2.05) is 13.0 Å². The van der Waals surface area contributed by atoms with E-state index < -0.39 is 39.0 Å². The molecular weight excluding hydrogens is 705 g/mol. The monoisotopic (exact) mass is 745 g/mol. The van der Waals surface area contributed by atoms with Gasteiger partial charge in [0.25, 0.3) is 11.8 Å². The van der Waals surface area contributed by atoms with Crippen LogP contribution in [0.25, 0.3) is 11.0 Å². The molecule has 0 saturated carbocycles. The number of likely N-dealkylation sites (N-methyl/N-ethyl adjacent to an activating group) is 1. The molecule has 4 aliphatic heterocycles. The number of hydrogen-bond donors (Lipinski definition) is 1. The molecule has 1 N–H and O–H groups in total. The number of fused-ring (bicyclic) bond motifs is 5. The van der Waals surface area contributed by atoms with Crippen LogP contribution in [0.4, 0.5) is 10.1 Å². The van der Waals surface area contributed by atoms with Crippen LogP contribution in [0.1, 0.15) is 63.1 Å². The summed E-state index contributed by atoms with van der Waals surface area (Å²) in [6, 6.07) is 3.63. The number of nitrogens with one attached hydrogen (secondary N) is 1. The average molecular weight is 746 g/mol. The van der Waals surface area contributed by atoms with Crippen molar-refractivity contribution in [1.82, 2.24) is 18.8 Å². The summed E-state index contributed by atoms with van der Waals surface area (Å²) in [6.45, 7) is 4.77. The Bertz CT molecular complexity index is 2070. The molecule has 0 aliphatic carbocycles. The number of hydrogen-bond acceptors (Lipinski definition) is 10. The van der Waals surface area contributed by atoms with Crippen LogP contribution in [-0.2, 0) is 27.9 Å². The molecule has 5 heterocycles. The number of rotatable bonds is 8. The van der Waals surface area contributed by atoms with Gasteiger partial charge in [-0.25, -0.2) is 13.9 Å². The molecule has 2 amide bonds. The number of anilines is 1. The Morgan fingerprint density at radius 1 is 1.04 bits per heavy atom. The van der Waals surface area contributed by atoms with Crippen molar-refractivity contribution in [3.05, 3.63) is 67.3 Å². The third kappa shape index (κ3) is 6.26. The van der Waals surface area contributed by atoms with Crippen molar-refractivity contribution >= 4 is 50.3 Å². The molecule has 16 heteroatoms. The standard InChI is InChI=1S/C35H41ClFN5O8S/c1-19-29(40-12-11-39(2)22(16-40)18-48-3)15-27(36)31-23-9-10-41(17-26(23)35(45)50-32(19)31)34(44)24-14-30(49-4)25(13-28(24)37)33(43)38-51(46,47)42-20-5-6-21(42)8-7-20/h13-15,20-22H,5-12,16-18H2,1-4H3,(H,38,43). The molecule has 3 fully saturated rings. The van der Waals surface area contributed by atoms with Crippen molar-refractivity contribution in [2.24, 2.45) is 0 Å². The second-order valence-corrected chi connectivity index (χ2v) is 15.8. The highest BCUT2D eigenvalue weighted by Gasteiger charge is 2.47. The lowest BCUT2D eigenvalue weighted by Crippen LogP contribution is -2.53. The first-order valence-electron chi connectivity index (χ1n) is 17.1. The molecule has 4 aliphatic rings. The first kappa shape index (κ1) is 35.6. The van der Waals surface area contributed by atoms with Crippen LogP contribution >= 0.6 is 11.6 Å². The Morgan fingerprint density at radius 2 is 1.75 bits per heavy atom. The number of nitrogens with zero attached hydrogens (tertiary/aromatic N) is 4. The fourth-order valence-electron chi connectivity index (χ4n) is 8.26. The van der Waals surface area contributed by atoms with Gasteiger partial charge in [0.2, 0.25) is 0 Å². The number of carbonyl (C=O) groups excluding carboxylic acids is 2. The summed E-state index contributed by atoms with van der Waals surface area (Å²) in [5.74, 6) is -3.01. The SMILES string of the molecule is COCC1CN(c2cc(Cl)c3c4c(c(=O)oc3c2C)CN(C(=O)c2cc(OC)c(C(=O)NS(=O)(=O)N3C5CCC3CC5)cc2F)CC4)CCN1C. The molecule has 0 spiro atoms. The van der Waals surface area contributed by atoms with E-state index in [2.05, 4.69) is 21.6 Å². The molecule has 1 unspecified atom stereocenters. The Kier molecular flexibility index (Phi) is 9.54. The number of benzene rings is 2. The normalized spacial score (nSPS) is 22.4. The maximum Gasteiger partial charge on any atom is 0.341 e. The lowest BCUT2D eigenvalue weighted by atomic mass is 9.94. The number of carbonyl (C=O) groups is 2. The Labute approximate surface area is 300 Å². The Morgan fingerprint density at radius 3 is 2.41 bits per heavy atom. The fourth-order valence-corrected chi connectivity index (χ4v) is 10.2. The van der Waals surface area contributed by atoms with Crippen LogP contribution in [0.2, 0.25) is 5.02 Å². The molecule has 3 saturated heterocycles. The first-order chi connectivity index (χ1) is 24.3. The second kappa shape index (κ2) is 13.7. The van der Waals surface area contributed by atoms with Gasteiger partial charge in [-0.1, -0.05) is 11.6 Å². The Balaban J connectivity index is 1.13. The van der Waals surface area contributed by atoms with Crippen molar-refractivity contribution in [2.45, 2.75) is 63.7 Å². The predicted molar refractivity (Wildman–Crippen MR) is 188 cm³/mol. The number of piperazine rings is 1. The van der Waals surface area contributed by atoms with E-state index in [-0.39, 0.29) is 54.5 Å². The maximum atomic E-state index is 15.6. The number of aryl methyl sites for hydroxylation is 1. The van der Waals surface area contributed by atoms with E-state index in [1.165, 1.54) is 16.3 Å². The molecule has 13 nitrogen and oxygen atoms in total. The topological polar surface area (TPSA) is 142 Å². The van der Waals surface area contributed by atoms with Crippen molar-refractivity contribution < 1.29 is 36.3 Å². The minimum absolute atomic E-state index is 0.152. The van der Waals surface area contributed by atoms with E-state index in [4.69, 9.17) is 25.5 Å². The van der Waals surface area contributed by atoms with Gasteiger partial charge in [0.1, 0.15) is 17.1 Å². The molecule has 51 heavy (non-hydrogen) atoms. The molecule has 3 aromatic rings. The molecule has 2 bridgehead atoms. The van der Waals surface area contributed by atoms with E-state index in [0.29, 0.717) is 34.7 Å². The van der Waals surface area contributed by atoms with Crippen LogP contribution in [0.15, 0.2) is 27.4 Å². The zero-order valence-corrected chi connectivity index (χ0v) is 30.5. The van der Waals surface area contributed by atoms with E-state index >= 15 is 4.39 Å². The van der Waals surface area contributed by atoms with Crippen LogP contribution < -0.4 is 20.0 Å². The molecule has 274 valence electrons. The average Bonchev–Trinajstić information content (AvgIpc) is 3.73. The third-order valence-corrected chi connectivity index (χ3v) is 12.8. The predicted octanol–water partition coefficient (Wildman–Crippen LogP) is 3.47. The van der Waals surface area contributed by atoms with Crippen LogP contribution in [0.5, 0.6) is 5.75 Å². The molecule has 7 rings (SSSR count). The number of amides is 2. The number of halogens is 2. The van der Waals surface area contributed by atoms with Gasteiger partial charge in [0.15, 0.2) is 0 Å². The van der Waals surface area contributed by atoms with Crippen LogP contribution in [0.3, 0.4) is 0 Å². The van der Waals surface area contributed by atoms with Crippen molar-refractivity contribution in [2.75, 3.05) is 59.0 Å². The van der Waals surface area contributed by atoms with E-state index in [1.54, 1.807) is 7.11 Å². The highest BCUT2D eigenvalue weighted by molar-refractivity contribution is 7.87. The molecule has 0 radical (unpaired) electrons. The summed E-state index contributed by atoms with van der Waals surface area (Å²) in [5, 5.41) is 1.04. The van der Waals surface area contributed by atoms with Gasteiger partial charge < -0.3 is 23.7 Å². The minimum Gasteiger partial charge on any atom is -0.496 e. The lowest BCUT2D eigenvalue weighted by Gasteiger charge is -2.41. The van der Waals surface area contributed by atoms with Gasteiger partial charge in [-0.3, -0.25) is 14.5 Å². The number of methoxy groups -OCH3 is 2. The summed E-state index contributed by atoms with van der Waals surface area (Å²) in [6.07, 6.45) is 3.19. The van der Waals surface area contributed by atoms with Gasteiger partial charge in [-0.2, -0.15) is 12.7 Å². The molecule has 1 aromatic heterocycles. The zero-order valence-electron chi connectivity index (χ0n) is 29.0. The van der Waals surface area contributed by atoms with Gasteiger partial charge in [-0.15, -0.1) is 0 Å². The highest BCUT2D eigenvalue weighted by Crippen LogP contribution is 2.40. The quantitative estimate of drug-likeness (QED) is 0.341. The lowest BCUT2D eigenvalue weighted by molar-refractivity contribution is 0.0727. The molecule has 2 aromatic carbocycles. The number of ether oxygens (including phenoxy) is 2. The van der Waals surface area contributed by atoms with Crippen LogP contribution in [0, 0.1) is 12.7 Å².